The maximum atomic E-state index is 13.7. The average Bonchev–Trinajstić information content (AvgIpc) is 3.13. The molecule has 0 amide bonds. The van der Waals surface area contributed by atoms with Crippen molar-refractivity contribution in [2.75, 3.05) is 6.61 Å². The predicted molar refractivity (Wildman–Crippen MR) is 138 cm³/mol. The molecule has 0 spiro atoms. The van der Waals surface area contributed by atoms with Gasteiger partial charge in [-0.25, -0.2) is 4.79 Å². The topological polar surface area (TPSA) is 135 Å². The summed E-state index contributed by atoms with van der Waals surface area (Å²) in [6.45, 7) is 10.6. The number of aliphatic hydroxyl groups excluding tert-OH is 2. The quantitative estimate of drug-likeness (QED) is 0.332. The molecule has 212 valence electrons. The van der Waals surface area contributed by atoms with Crippen LogP contribution in [0, 0.1) is 16.7 Å². The van der Waals surface area contributed by atoms with E-state index in [4.69, 9.17) is 18.9 Å². The van der Waals surface area contributed by atoms with Crippen molar-refractivity contribution in [1.82, 2.24) is 0 Å². The standard InChI is InChI=1S/C30H38O9/c1-6-20-37-18-12-19-30(35,14-36-19)23-25(39-26(33)16-10-8-7-9-11-16)29(27(3,4)34)13-17(31)15(2)21(29)22(32)24(38-20)28(18,23)5/h6-11,17-20,22-25,31-32,34-35H,1,12-14H2,2-5H3/t17-,18-,19+,20?,22-,23-,24-,25-,28+,29-,30-/m0/s1. The zero-order valence-electron chi connectivity index (χ0n) is 22.7. The zero-order valence-corrected chi connectivity index (χ0v) is 22.7. The molecule has 1 unspecified atom stereocenters. The second-order valence-corrected chi connectivity index (χ2v) is 12.6. The molecule has 0 bridgehead atoms. The molecule has 6 rings (SSSR count). The van der Waals surface area contributed by atoms with Crippen molar-refractivity contribution < 1.29 is 44.2 Å². The Labute approximate surface area is 228 Å². The fraction of sp³-hybridized carbons (Fsp3) is 0.633. The van der Waals surface area contributed by atoms with Crippen LogP contribution in [0.1, 0.15) is 50.9 Å². The summed E-state index contributed by atoms with van der Waals surface area (Å²) in [5.74, 6) is -1.52. The van der Waals surface area contributed by atoms with Crippen LogP contribution in [0.2, 0.25) is 0 Å². The predicted octanol–water partition coefficient (Wildman–Crippen LogP) is 1.88. The molecule has 4 N–H and O–H groups in total. The summed E-state index contributed by atoms with van der Waals surface area (Å²) in [6, 6.07) is 8.51. The Kier molecular flexibility index (Phi) is 6.04. The van der Waals surface area contributed by atoms with E-state index >= 15 is 0 Å². The van der Waals surface area contributed by atoms with Gasteiger partial charge in [-0.2, -0.15) is 0 Å². The van der Waals surface area contributed by atoms with Gasteiger partial charge >= 0.3 is 5.97 Å². The number of ether oxygens (including phenoxy) is 4. The van der Waals surface area contributed by atoms with Crippen LogP contribution in [0.3, 0.4) is 0 Å². The zero-order chi connectivity index (χ0) is 28.1. The van der Waals surface area contributed by atoms with E-state index in [1.54, 1.807) is 51.1 Å². The molecule has 39 heavy (non-hydrogen) atoms. The molecule has 9 heteroatoms. The highest BCUT2D eigenvalue weighted by molar-refractivity contribution is 5.89. The third-order valence-electron chi connectivity index (χ3n) is 10.4. The van der Waals surface area contributed by atoms with Gasteiger partial charge in [0.1, 0.15) is 17.8 Å². The van der Waals surface area contributed by atoms with Crippen LogP contribution in [-0.2, 0) is 18.9 Å². The van der Waals surface area contributed by atoms with Crippen molar-refractivity contribution in [3.63, 3.8) is 0 Å². The number of fused-ring (bicyclic) bond motifs is 3. The number of aliphatic hydroxyl groups is 4. The Hall–Kier alpha value is -2.11. The lowest BCUT2D eigenvalue weighted by Crippen LogP contribution is -2.79. The molecule has 0 radical (unpaired) electrons. The van der Waals surface area contributed by atoms with Gasteiger partial charge in [-0.1, -0.05) is 31.7 Å². The van der Waals surface area contributed by atoms with Gasteiger partial charge in [-0.15, -0.1) is 0 Å². The van der Waals surface area contributed by atoms with Gasteiger partial charge in [0, 0.05) is 17.8 Å². The van der Waals surface area contributed by atoms with E-state index in [9.17, 15) is 25.2 Å². The first kappa shape index (κ1) is 27.1. The van der Waals surface area contributed by atoms with E-state index in [1.165, 1.54) is 6.08 Å². The molecule has 11 atom stereocenters. The first-order chi connectivity index (χ1) is 18.3. The van der Waals surface area contributed by atoms with Gasteiger partial charge in [-0.05, 0) is 56.5 Å². The fourth-order valence-electron chi connectivity index (χ4n) is 8.44. The molecule has 5 aliphatic rings. The van der Waals surface area contributed by atoms with E-state index in [1.807, 2.05) is 6.92 Å². The van der Waals surface area contributed by atoms with Crippen molar-refractivity contribution >= 4 is 5.97 Å². The molecule has 0 aromatic heterocycles. The molecular formula is C30H38O9. The molecule has 2 saturated carbocycles. The second kappa shape index (κ2) is 8.69. The molecule has 3 aliphatic carbocycles. The van der Waals surface area contributed by atoms with Crippen LogP contribution in [-0.4, -0.2) is 87.1 Å². The third kappa shape index (κ3) is 3.41. The van der Waals surface area contributed by atoms with Crippen molar-refractivity contribution in [2.45, 2.75) is 94.7 Å². The molecule has 4 fully saturated rings. The monoisotopic (exact) mass is 542 g/mol. The number of hydrogen-bond donors (Lipinski definition) is 4. The van der Waals surface area contributed by atoms with E-state index in [0.29, 0.717) is 23.1 Å². The Morgan fingerprint density at radius 3 is 2.46 bits per heavy atom. The Morgan fingerprint density at radius 2 is 1.87 bits per heavy atom. The Balaban J connectivity index is 1.64. The van der Waals surface area contributed by atoms with Crippen molar-refractivity contribution in [3.8, 4) is 0 Å². The van der Waals surface area contributed by atoms with Crippen LogP contribution in [0.25, 0.3) is 0 Å². The third-order valence-corrected chi connectivity index (χ3v) is 10.4. The summed E-state index contributed by atoms with van der Waals surface area (Å²) < 4.78 is 24.9. The lowest BCUT2D eigenvalue weighted by molar-refractivity contribution is -0.392. The minimum absolute atomic E-state index is 0.0136. The SMILES string of the molecule is C=CC1O[C@H]2C[C@H]3OC[C@@]3(O)[C@H]3[C@H](OC(=O)c4ccccc4)[C@]4(C(C)(C)O)C[C@H](O)C(C)=C4[C@H](O)[C@H](O1)[C@]23C. The van der Waals surface area contributed by atoms with Gasteiger partial charge in [0.2, 0.25) is 0 Å². The highest BCUT2D eigenvalue weighted by Gasteiger charge is 2.78. The van der Waals surface area contributed by atoms with Crippen molar-refractivity contribution in [2.24, 2.45) is 16.7 Å². The summed E-state index contributed by atoms with van der Waals surface area (Å²) in [5.41, 5.74) is -4.43. The van der Waals surface area contributed by atoms with Gasteiger partial charge in [0.05, 0.1) is 47.6 Å². The van der Waals surface area contributed by atoms with E-state index in [2.05, 4.69) is 6.58 Å². The number of carbonyl (C=O) groups is 1. The largest absolute Gasteiger partial charge is 0.457 e. The number of esters is 1. The lowest BCUT2D eigenvalue weighted by atomic mass is 9.49. The van der Waals surface area contributed by atoms with Gasteiger partial charge < -0.3 is 39.4 Å². The number of carbonyl (C=O) groups excluding carboxylic acids is 1. The molecule has 2 heterocycles. The summed E-state index contributed by atoms with van der Waals surface area (Å²) in [5, 5.41) is 47.6. The number of rotatable bonds is 4. The lowest BCUT2D eigenvalue weighted by Gasteiger charge is -2.66. The van der Waals surface area contributed by atoms with E-state index < -0.39 is 76.8 Å². The minimum Gasteiger partial charge on any atom is -0.457 e. The summed E-state index contributed by atoms with van der Waals surface area (Å²) in [4.78, 5) is 13.7. The van der Waals surface area contributed by atoms with Crippen LogP contribution in [0.4, 0.5) is 0 Å². The van der Waals surface area contributed by atoms with E-state index in [-0.39, 0.29) is 13.0 Å². The van der Waals surface area contributed by atoms with Crippen molar-refractivity contribution in [3.05, 3.63) is 59.7 Å². The van der Waals surface area contributed by atoms with Crippen LogP contribution in [0.5, 0.6) is 0 Å². The number of hydrogen-bond acceptors (Lipinski definition) is 9. The highest BCUT2D eigenvalue weighted by Crippen LogP contribution is 2.68. The summed E-state index contributed by atoms with van der Waals surface area (Å²) in [7, 11) is 0. The van der Waals surface area contributed by atoms with Crippen LogP contribution < -0.4 is 0 Å². The number of benzene rings is 1. The first-order valence-corrected chi connectivity index (χ1v) is 13.6. The van der Waals surface area contributed by atoms with Crippen molar-refractivity contribution in [1.29, 1.82) is 0 Å². The molecule has 1 aromatic rings. The molecule has 2 aliphatic heterocycles. The van der Waals surface area contributed by atoms with E-state index in [0.717, 1.165) is 0 Å². The molecule has 2 saturated heterocycles. The van der Waals surface area contributed by atoms with Crippen LogP contribution in [0.15, 0.2) is 54.1 Å². The minimum atomic E-state index is -1.60. The maximum absolute atomic E-state index is 13.7. The maximum Gasteiger partial charge on any atom is 0.338 e. The fourth-order valence-corrected chi connectivity index (χ4v) is 8.44. The van der Waals surface area contributed by atoms with Gasteiger partial charge in [0.15, 0.2) is 6.29 Å². The smallest absolute Gasteiger partial charge is 0.338 e. The second-order valence-electron chi connectivity index (χ2n) is 12.6. The first-order valence-electron chi connectivity index (χ1n) is 13.6. The molecule has 1 aromatic carbocycles. The molecule has 9 nitrogen and oxygen atoms in total. The normalized spacial score (nSPS) is 46.8. The Morgan fingerprint density at radius 1 is 1.18 bits per heavy atom. The summed E-state index contributed by atoms with van der Waals surface area (Å²) >= 11 is 0. The highest BCUT2D eigenvalue weighted by atomic mass is 16.7. The summed E-state index contributed by atoms with van der Waals surface area (Å²) in [6.07, 6.45) is -4.57. The van der Waals surface area contributed by atoms with Crippen LogP contribution >= 0.6 is 0 Å². The van der Waals surface area contributed by atoms with Gasteiger partial charge in [-0.3, -0.25) is 0 Å². The average molecular weight is 543 g/mol. The molecular weight excluding hydrogens is 504 g/mol. The Bertz CT molecular complexity index is 1210. The van der Waals surface area contributed by atoms with Gasteiger partial charge in [0.25, 0.3) is 0 Å².